The van der Waals surface area contributed by atoms with Gasteiger partial charge in [-0.15, -0.1) is 0 Å². The molecule has 1 saturated carbocycles. The molecule has 1 aromatic rings. The van der Waals surface area contributed by atoms with Gasteiger partial charge < -0.3 is 10.6 Å². The number of rotatable bonds is 4. The average Bonchev–Trinajstić information content (AvgIpc) is 2.24. The molecule has 1 atom stereocenters. The standard InChI is InChI=1S/C14H22N2/c1-11-6-8-14(9-7-11)16(12(2)10-15)13-4-3-5-13/h6-9,12-13H,3-5,10,15H2,1-2H3. The largest absolute Gasteiger partial charge is 0.365 e. The third-order valence-electron chi connectivity index (χ3n) is 3.62. The van der Waals surface area contributed by atoms with Gasteiger partial charge in [-0.25, -0.2) is 0 Å². The van der Waals surface area contributed by atoms with Crippen LogP contribution >= 0.6 is 0 Å². The van der Waals surface area contributed by atoms with E-state index < -0.39 is 0 Å². The zero-order chi connectivity index (χ0) is 11.5. The molecule has 2 nitrogen and oxygen atoms in total. The van der Waals surface area contributed by atoms with Gasteiger partial charge >= 0.3 is 0 Å². The second-order valence-electron chi connectivity index (χ2n) is 4.91. The number of hydrogen-bond donors (Lipinski definition) is 1. The van der Waals surface area contributed by atoms with Crippen LogP contribution < -0.4 is 10.6 Å². The average molecular weight is 218 g/mol. The van der Waals surface area contributed by atoms with Crippen LogP contribution in [0.5, 0.6) is 0 Å². The Morgan fingerprint density at radius 2 is 1.94 bits per heavy atom. The highest BCUT2D eigenvalue weighted by molar-refractivity contribution is 5.50. The van der Waals surface area contributed by atoms with Crippen LogP contribution in [0, 0.1) is 6.92 Å². The van der Waals surface area contributed by atoms with E-state index in [1.807, 2.05) is 0 Å². The Morgan fingerprint density at radius 1 is 1.31 bits per heavy atom. The Labute approximate surface area is 98.4 Å². The van der Waals surface area contributed by atoms with Crippen molar-refractivity contribution >= 4 is 5.69 Å². The second-order valence-corrected chi connectivity index (χ2v) is 4.91. The molecule has 1 unspecified atom stereocenters. The minimum Gasteiger partial charge on any atom is -0.365 e. The van der Waals surface area contributed by atoms with Gasteiger partial charge in [0.25, 0.3) is 0 Å². The highest BCUT2D eigenvalue weighted by Crippen LogP contribution is 2.31. The molecule has 1 aromatic carbocycles. The summed E-state index contributed by atoms with van der Waals surface area (Å²) in [6, 6.07) is 9.96. The Hall–Kier alpha value is -1.02. The Morgan fingerprint density at radius 3 is 2.38 bits per heavy atom. The Bertz CT molecular complexity index is 322. The van der Waals surface area contributed by atoms with Crippen molar-refractivity contribution in [2.24, 2.45) is 5.73 Å². The number of nitrogens with two attached hydrogens (primary N) is 1. The number of nitrogens with zero attached hydrogens (tertiary/aromatic N) is 1. The lowest BCUT2D eigenvalue weighted by Crippen LogP contribution is -2.48. The van der Waals surface area contributed by atoms with E-state index in [4.69, 9.17) is 5.73 Å². The van der Waals surface area contributed by atoms with Crippen molar-refractivity contribution in [2.45, 2.75) is 45.2 Å². The zero-order valence-electron chi connectivity index (χ0n) is 10.3. The maximum atomic E-state index is 5.82. The van der Waals surface area contributed by atoms with Gasteiger partial charge in [0, 0.05) is 24.3 Å². The summed E-state index contributed by atoms with van der Waals surface area (Å²) in [5.74, 6) is 0. The summed E-state index contributed by atoms with van der Waals surface area (Å²) in [6.45, 7) is 5.08. The van der Waals surface area contributed by atoms with E-state index in [0.29, 0.717) is 12.1 Å². The summed E-state index contributed by atoms with van der Waals surface area (Å²) < 4.78 is 0. The summed E-state index contributed by atoms with van der Waals surface area (Å²) >= 11 is 0. The van der Waals surface area contributed by atoms with Gasteiger partial charge in [0.15, 0.2) is 0 Å². The van der Waals surface area contributed by atoms with Crippen molar-refractivity contribution in [3.05, 3.63) is 29.8 Å². The van der Waals surface area contributed by atoms with Crippen molar-refractivity contribution in [1.29, 1.82) is 0 Å². The SMILES string of the molecule is Cc1ccc(N(C(C)CN)C2CCC2)cc1. The van der Waals surface area contributed by atoms with Crippen LogP contribution in [0.3, 0.4) is 0 Å². The summed E-state index contributed by atoms with van der Waals surface area (Å²) in [5, 5.41) is 0. The molecule has 0 saturated heterocycles. The quantitative estimate of drug-likeness (QED) is 0.842. The fourth-order valence-electron chi connectivity index (χ4n) is 2.32. The first-order valence-corrected chi connectivity index (χ1v) is 6.27. The molecule has 0 heterocycles. The Kier molecular flexibility index (Phi) is 3.49. The maximum absolute atomic E-state index is 5.82. The maximum Gasteiger partial charge on any atom is 0.0387 e. The molecule has 0 bridgehead atoms. The van der Waals surface area contributed by atoms with Gasteiger partial charge in [-0.1, -0.05) is 17.7 Å². The number of aryl methyl sites for hydroxylation is 1. The molecular weight excluding hydrogens is 196 g/mol. The van der Waals surface area contributed by atoms with Crippen molar-refractivity contribution in [3.63, 3.8) is 0 Å². The highest BCUT2D eigenvalue weighted by Gasteiger charge is 2.27. The van der Waals surface area contributed by atoms with Gasteiger partial charge in [0.2, 0.25) is 0 Å². The van der Waals surface area contributed by atoms with E-state index in [2.05, 4.69) is 43.0 Å². The van der Waals surface area contributed by atoms with Crippen molar-refractivity contribution in [2.75, 3.05) is 11.4 Å². The highest BCUT2D eigenvalue weighted by atomic mass is 15.2. The number of hydrogen-bond acceptors (Lipinski definition) is 2. The minimum absolute atomic E-state index is 0.438. The van der Waals surface area contributed by atoms with Crippen molar-refractivity contribution in [3.8, 4) is 0 Å². The molecular formula is C14H22N2. The predicted molar refractivity (Wildman–Crippen MR) is 69.8 cm³/mol. The molecule has 1 aliphatic rings. The lowest BCUT2D eigenvalue weighted by atomic mass is 9.90. The molecule has 2 heteroatoms. The molecule has 0 aromatic heterocycles. The molecule has 0 radical (unpaired) electrons. The Balaban J connectivity index is 2.20. The summed E-state index contributed by atoms with van der Waals surface area (Å²) in [6.07, 6.45) is 4.00. The molecule has 88 valence electrons. The fraction of sp³-hybridized carbons (Fsp3) is 0.571. The number of anilines is 1. The zero-order valence-corrected chi connectivity index (χ0v) is 10.3. The lowest BCUT2D eigenvalue weighted by Gasteiger charge is -2.43. The first-order valence-electron chi connectivity index (χ1n) is 6.27. The van der Waals surface area contributed by atoms with Crippen LogP contribution in [0.4, 0.5) is 5.69 Å². The van der Waals surface area contributed by atoms with Crippen LogP contribution in [0.1, 0.15) is 31.7 Å². The van der Waals surface area contributed by atoms with E-state index in [1.54, 1.807) is 0 Å². The first-order chi connectivity index (χ1) is 7.72. The van der Waals surface area contributed by atoms with Gasteiger partial charge in [0.1, 0.15) is 0 Å². The normalized spacial score (nSPS) is 17.9. The predicted octanol–water partition coefficient (Wildman–Crippen LogP) is 2.70. The molecule has 0 aliphatic heterocycles. The first kappa shape index (κ1) is 11.5. The fourth-order valence-corrected chi connectivity index (χ4v) is 2.32. The lowest BCUT2D eigenvalue weighted by molar-refractivity contribution is 0.364. The van der Waals surface area contributed by atoms with Crippen LogP contribution in [0.2, 0.25) is 0 Å². The summed E-state index contributed by atoms with van der Waals surface area (Å²) in [4.78, 5) is 2.50. The van der Waals surface area contributed by atoms with E-state index in [1.165, 1.54) is 30.5 Å². The van der Waals surface area contributed by atoms with Crippen molar-refractivity contribution in [1.82, 2.24) is 0 Å². The molecule has 1 aliphatic carbocycles. The van der Waals surface area contributed by atoms with Crippen molar-refractivity contribution < 1.29 is 0 Å². The monoisotopic (exact) mass is 218 g/mol. The smallest absolute Gasteiger partial charge is 0.0387 e. The second kappa shape index (κ2) is 4.88. The van der Waals surface area contributed by atoms with Crippen LogP contribution in [0.15, 0.2) is 24.3 Å². The third kappa shape index (κ3) is 2.22. The molecule has 2 N–H and O–H groups in total. The molecule has 1 fully saturated rings. The summed E-state index contributed by atoms with van der Waals surface area (Å²) in [7, 11) is 0. The topological polar surface area (TPSA) is 29.3 Å². The van der Waals surface area contributed by atoms with E-state index in [0.717, 1.165) is 6.54 Å². The minimum atomic E-state index is 0.438. The third-order valence-corrected chi connectivity index (χ3v) is 3.62. The van der Waals surface area contributed by atoms with E-state index in [-0.39, 0.29) is 0 Å². The van der Waals surface area contributed by atoms with Gasteiger partial charge in [-0.05, 0) is 45.2 Å². The van der Waals surface area contributed by atoms with E-state index in [9.17, 15) is 0 Å². The summed E-state index contributed by atoms with van der Waals surface area (Å²) in [5.41, 5.74) is 8.46. The molecule has 16 heavy (non-hydrogen) atoms. The molecule has 2 rings (SSSR count). The van der Waals surface area contributed by atoms with Crippen LogP contribution in [0.25, 0.3) is 0 Å². The van der Waals surface area contributed by atoms with E-state index >= 15 is 0 Å². The van der Waals surface area contributed by atoms with Crippen LogP contribution in [-0.2, 0) is 0 Å². The van der Waals surface area contributed by atoms with Gasteiger partial charge in [-0.3, -0.25) is 0 Å². The number of benzene rings is 1. The van der Waals surface area contributed by atoms with Crippen LogP contribution in [-0.4, -0.2) is 18.6 Å². The molecule has 0 spiro atoms. The van der Waals surface area contributed by atoms with Gasteiger partial charge in [-0.2, -0.15) is 0 Å². The van der Waals surface area contributed by atoms with Gasteiger partial charge in [0.05, 0.1) is 0 Å². The molecule has 0 amide bonds.